The lowest BCUT2D eigenvalue weighted by Crippen LogP contribution is -2.60. The number of aliphatic hydroxyl groups excluding tert-OH is 5. The third kappa shape index (κ3) is 4.87. The molecule has 0 saturated carbocycles. The number of aliphatic hydroxyl groups is 6. The van der Waals surface area contributed by atoms with Gasteiger partial charge in [0.1, 0.15) is 70.1 Å². The summed E-state index contributed by atoms with van der Waals surface area (Å²) in [4.78, 5) is 12.6. The standard InChI is InChI=1S/C26H30O14/c1-10-3-13(28)18-14(38-10)5-11-4-12(35-2)6-15(17(11)20(18)30)39-24-22(32)21(31)19(29)16(40-24)7-36-25-23(33)26(34,8-27)9-37-25/h3-6,16,19,21-25,27,29-34H,7-9H2,1-2H3/t16-,19-,21+,22-,23-,24-,25+,26+/m1/s1. The topological polar surface area (TPSA) is 218 Å². The van der Waals surface area contributed by atoms with Crippen LogP contribution in [0.4, 0.5) is 0 Å². The molecule has 3 heterocycles. The maximum absolute atomic E-state index is 12.6. The van der Waals surface area contributed by atoms with Crippen LogP contribution >= 0.6 is 0 Å². The van der Waals surface area contributed by atoms with Gasteiger partial charge in [0.15, 0.2) is 11.7 Å². The maximum Gasteiger partial charge on any atom is 0.229 e. The van der Waals surface area contributed by atoms with Crippen molar-refractivity contribution in [1.82, 2.24) is 0 Å². The molecule has 2 aliphatic rings. The van der Waals surface area contributed by atoms with Gasteiger partial charge in [-0.25, -0.2) is 0 Å². The Morgan fingerprint density at radius 2 is 1.77 bits per heavy atom. The molecule has 1 aromatic heterocycles. The lowest BCUT2D eigenvalue weighted by molar-refractivity contribution is -0.289. The van der Waals surface area contributed by atoms with Crippen molar-refractivity contribution in [1.29, 1.82) is 0 Å². The Hall–Kier alpha value is -3.05. The highest BCUT2D eigenvalue weighted by Gasteiger charge is 2.50. The van der Waals surface area contributed by atoms with Crippen molar-refractivity contribution in [3.63, 3.8) is 0 Å². The molecular weight excluding hydrogens is 536 g/mol. The third-order valence-corrected chi connectivity index (χ3v) is 7.12. The van der Waals surface area contributed by atoms with Crippen LogP contribution in [-0.4, -0.2) is 111 Å². The van der Waals surface area contributed by atoms with Gasteiger partial charge in [0, 0.05) is 12.1 Å². The van der Waals surface area contributed by atoms with Gasteiger partial charge in [-0.3, -0.25) is 4.79 Å². The van der Waals surface area contributed by atoms with Crippen LogP contribution in [0.2, 0.25) is 0 Å². The second-order valence-electron chi connectivity index (χ2n) is 9.90. The summed E-state index contributed by atoms with van der Waals surface area (Å²) in [5.41, 5.74) is -2.30. The van der Waals surface area contributed by atoms with Crippen LogP contribution in [0.3, 0.4) is 0 Å². The second kappa shape index (κ2) is 10.7. The Balaban J connectivity index is 1.45. The molecule has 0 unspecified atom stereocenters. The average molecular weight is 567 g/mol. The monoisotopic (exact) mass is 566 g/mol. The largest absolute Gasteiger partial charge is 0.506 e. The first-order valence-corrected chi connectivity index (χ1v) is 12.4. The van der Waals surface area contributed by atoms with E-state index in [0.29, 0.717) is 11.1 Å². The molecule has 3 aromatic rings. The summed E-state index contributed by atoms with van der Waals surface area (Å²) in [7, 11) is 1.40. The molecule has 5 rings (SSSR count). The molecule has 0 spiro atoms. The number of phenolic OH excluding ortho intramolecular Hbond substituents is 1. The number of aryl methyl sites for hydroxylation is 1. The van der Waals surface area contributed by atoms with Crippen molar-refractivity contribution in [3.05, 3.63) is 40.2 Å². The number of benzene rings is 2. The van der Waals surface area contributed by atoms with Gasteiger partial charge in [0.2, 0.25) is 6.29 Å². The van der Waals surface area contributed by atoms with Crippen molar-refractivity contribution < 1.29 is 63.8 Å². The molecule has 0 aliphatic carbocycles. The van der Waals surface area contributed by atoms with E-state index in [1.54, 1.807) is 13.0 Å². The molecular formula is C26H30O14. The van der Waals surface area contributed by atoms with Crippen LogP contribution in [0.25, 0.3) is 21.7 Å². The fourth-order valence-corrected chi connectivity index (χ4v) is 4.82. The Morgan fingerprint density at radius 3 is 2.45 bits per heavy atom. The zero-order valence-electron chi connectivity index (χ0n) is 21.5. The lowest BCUT2D eigenvalue weighted by Gasteiger charge is -2.40. The normalized spacial score (nSPS) is 32.5. The number of aromatic hydroxyl groups is 1. The van der Waals surface area contributed by atoms with Gasteiger partial charge in [-0.1, -0.05) is 0 Å². The van der Waals surface area contributed by atoms with Crippen molar-refractivity contribution in [2.24, 2.45) is 0 Å². The van der Waals surface area contributed by atoms with E-state index in [9.17, 15) is 40.5 Å². The molecule has 0 bridgehead atoms. The fourth-order valence-electron chi connectivity index (χ4n) is 4.82. The zero-order valence-corrected chi connectivity index (χ0v) is 21.5. The first-order chi connectivity index (χ1) is 19.0. The van der Waals surface area contributed by atoms with E-state index >= 15 is 0 Å². The van der Waals surface area contributed by atoms with E-state index in [-0.39, 0.29) is 27.9 Å². The summed E-state index contributed by atoms with van der Waals surface area (Å²) >= 11 is 0. The van der Waals surface area contributed by atoms with Crippen molar-refractivity contribution in [3.8, 4) is 17.2 Å². The van der Waals surface area contributed by atoms with Crippen LogP contribution in [0.5, 0.6) is 17.2 Å². The number of fused-ring (bicyclic) bond motifs is 2. The Labute approximate surface area is 226 Å². The molecule has 2 aliphatic heterocycles. The summed E-state index contributed by atoms with van der Waals surface area (Å²) < 4.78 is 33.1. The highest BCUT2D eigenvalue weighted by Crippen LogP contribution is 2.42. The first kappa shape index (κ1) is 28.5. The minimum Gasteiger partial charge on any atom is -0.506 e. The zero-order chi connectivity index (χ0) is 28.9. The number of hydrogen-bond acceptors (Lipinski definition) is 14. The van der Waals surface area contributed by atoms with Crippen LogP contribution in [0.1, 0.15) is 5.76 Å². The smallest absolute Gasteiger partial charge is 0.229 e. The van der Waals surface area contributed by atoms with E-state index < -0.39 is 79.7 Å². The van der Waals surface area contributed by atoms with E-state index in [4.69, 9.17) is 28.1 Å². The summed E-state index contributed by atoms with van der Waals surface area (Å²) in [6.07, 6.45) is -11.1. The number of hydrogen-bond donors (Lipinski definition) is 7. The predicted molar refractivity (Wildman–Crippen MR) is 134 cm³/mol. The molecule has 2 fully saturated rings. The fraction of sp³-hybridized carbons (Fsp3) is 0.500. The molecule has 7 N–H and O–H groups in total. The van der Waals surface area contributed by atoms with Gasteiger partial charge in [-0.15, -0.1) is 0 Å². The summed E-state index contributed by atoms with van der Waals surface area (Å²) in [5.74, 6) is 0.0921. The quantitative estimate of drug-likeness (QED) is 0.164. The van der Waals surface area contributed by atoms with Gasteiger partial charge >= 0.3 is 0 Å². The van der Waals surface area contributed by atoms with Crippen molar-refractivity contribution >= 4 is 21.7 Å². The minimum atomic E-state index is -1.94. The van der Waals surface area contributed by atoms with Crippen LogP contribution in [-0.2, 0) is 14.2 Å². The second-order valence-corrected chi connectivity index (χ2v) is 9.90. The molecule has 8 atom stereocenters. The van der Waals surface area contributed by atoms with Gasteiger partial charge < -0.3 is 63.8 Å². The highest BCUT2D eigenvalue weighted by atomic mass is 16.7. The SMILES string of the molecule is COc1cc(O[C@@H]2O[C@H](CO[C@H]3OC[C@@](O)(CO)[C@@H]3O)[C@@H](O)[C@H](O)[C@H]2O)c2c(O)c3c(=O)cc(C)oc3cc2c1. The predicted octanol–water partition coefficient (Wildman–Crippen LogP) is -1.39. The first-order valence-electron chi connectivity index (χ1n) is 12.4. The molecule has 0 amide bonds. The van der Waals surface area contributed by atoms with Crippen LogP contribution < -0.4 is 14.9 Å². The minimum absolute atomic E-state index is 0.0689. The van der Waals surface area contributed by atoms with Crippen LogP contribution in [0, 0.1) is 6.92 Å². The average Bonchev–Trinajstić information content (AvgIpc) is 3.21. The third-order valence-electron chi connectivity index (χ3n) is 7.12. The van der Waals surface area contributed by atoms with E-state index in [0.717, 1.165) is 0 Å². The molecule has 14 nitrogen and oxygen atoms in total. The van der Waals surface area contributed by atoms with Gasteiger partial charge in [-0.05, 0) is 24.4 Å². The summed E-state index contributed by atoms with van der Waals surface area (Å²) in [6, 6.07) is 5.68. The summed E-state index contributed by atoms with van der Waals surface area (Å²) in [6.45, 7) is -0.0789. The number of phenols is 1. The Bertz CT molecular complexity index is 1460. The maximum atomic E-state index is 12.6. The highest BCUT2D eigenvalue weighted by molar-refractivity contribution is 6.06. The summed E-state index contributed by atoms with van der Waals surface area (Å²) in [5, 5.41) is 72.7. The van der Waals surface area contributed by atoms with E-state index in [1.807, 2.05) is 0 Å². The van der Waals surface area contributed by atoms with Gasteiger partial charge in [-0.2, -0.15) is 0 Å². The molecule has 40 heavy (non-hydrogen) atoms. The Kier molecular flexibility index (Phi) is 7.64. The van der Waals surface area contributed by atoms with Crippen molar-refractivity contribution in [2.45, 2.75) is 55.6 Å². The Morgan fingerprint density at radius 1 is 1.02 bits per heavy atom. The van der Waals surface area contributed by atoms with Crippen LogP contribution in [0.15, 0.2) is 33.5 Å². The number of ether oxygens (including phenoxy) is 5. The molecule has 2 saturated heterocycles. The molecule has 0 radical (unpaired) electrons. The van der Waals surface area contributed by atoms with E-state index in [2.05, 4.69) is 0 Å². The number of rotatable bonds is 7. The molecule has 218 valence electrons. The van der Waals surface area contributed by atoms with Gasteiger partial charge in [0.25, 0.3) is 0 Å². The number of methoxy groups -OCH3 is 1. The molecule has 2 aromatic carbocycles. The van der Waals surface area contributed by atoms with Crippen molar-refractivity contribution in [2.75, 3.05) is 26.9 Å². The molecule has 14 heteroatoms. The van der Waals surface area contributed by atoms with Gasteiger partial charge in [0.05, 0.1) is 32.3 Å². The van der Waals surface area contributed by atoms with E-state index in [1.165, 1.54) is 25.3 Å². The lowest BCUT2D eigenvalue weighted by atomic mass is 9.99.